The zero-order valence-electron chi connectivity index (χ0n) is 9.45. The molecule has 0 saturated carbocycles. The van der Waals surface area contributed by atoms with Crippen LogP contribution in [0.1, 0.15) is 29.1 Å². The molecule has 88 valence electrons. The molecule has 1 aromatic rings. The highest BCUT2D eigenvalue weighted by Crippen LogP contribution is 2.12. The SMILES string of the molecule is Cc1ncc(CNC2CCCCNC2=O)s1. The minimum Gasteiger partial charge on any atom is -0.355 e. The van der Waals surface area contributed by atoms with Crippen molar-refractivity contribution in [3.05, 3.63) is 16.1 Å². The van der Waals surface area contributed by atoms with E-state index < -0.39 is 0 Å². The van der Waals surface area contributed by atoms with Crippen LogP contribution in [0, 0.1) is 6.92 Å². The van der Waals surface area contributed by atoms with Gasteiger partial charge in [-0.25, -0.2) is 4.98 Å². The van der Waals surface area contributed by atoms with Crippen molar-refractivity contribution < 1.29 is 4.79 Å². The lowest BCUT2D eigenvalue weighted by molar-refractivity contribution is -0.122. The zero-order valence-corrected chi connectivity index (χ0v) is 10.3. The molecular weight excluding hydrogens is 222 g/mol. The Balaban J connectivity index is 1.86. The van der Waals surface area contributed by atoms with E-state index in [4.69, 9.17) is 0 Å². The molecule has 0 spiro atoms. The minimum atomic E-state index is -0.0371. The van der Waals surface area contributed by atoms with Crippen molar-refractivity contribution >= 4 is 17.2 Å². The predicted molar refractivity (Wildman–Crippen MR) is 64.3 cm³/mol. The third kappa shape index (κ3) is 3.02. The lowest BCUT2D eigenvalue weighted by Crippen LogP contribution is -2.42. The zero-order chi connectivity index (χ0) is 11.4. The van der Waals surface area contributed by atoms with Gasteiger partial charge in [0, 0.05) is 24.2 Å². The molecule has 1 unspecified atom stereocenters. The second kappa shape index (κ2) is 5.41. The summed E-state index contributed by atoms with van der Waals surface area (Å²) in [5.74, 6) is 0.138. The van der Waals surface area contributed by atoms with Crippen LogP contribution in [0.5, 0.6) is 0 Å². The summed E-state index contributed by atoms with van der Waals surface area (Å²) < 4.78 is 0. The summed E-state index contributed by atoms with van der Waals surface area (Å²) in [5, 5.41) is 7.29. The highest BCUT2D eigenvalue weighted by atomic mass is 32.1. The van der Waals surface area contributed by atoms with E-state index in [1.165, 1.54) is 4.88 Å². The van der Waals surface area contributed by atoms with Crippen molar-refractivity contribution in [1.29, 1.82) is 0 Å². The summed E-state index contributed by atoms with van der Waals surface area (Å²) in [5.41, 5.74) is 0. The van der Waals surface area contributed by atoms with Gasteiger partial charge in [-0.05, 0) is 26.2 Å². The number of hydrogen-bond donors (Lipinski definition) is 2. The number of aryl methyl sites for hydroxylation is 1. The van der Waals surface area contributed by atoms with Crippen LogP contribution in [0.15, 0.2) is 6.20 Å². The van der Waals surface area contributed by atoms with Gasteiger partial charge < -0.3 is 10.6 Å². The van der Waals surface area contributed by atoms with Crippen LogP contribution in [-0.2, 0) is 11.3 Å². The minimum absolute atomic E-state index is 0.0371. The summed E-state index contributed by atoms with van der Waals surface area (Å²) in [4.78, 5) is 17.0. The molecule has 1 aliphatic rings. The van der Waals surface area contributed by atoms with Crippen LogP contribution >= 0.6 is 11.3 Å². The maximum Gasteiger partial charge on any atom is 0.237 e. The lowest BCUT2D eigenvalue weighted by atomic mass is 10.1. The molecule has 1 saturated heterocycles. The molecule has 0 bridgehead atoms. The Hall–Kier alpha value is -0.940. The molecule has 1 aromatic heterocycles. The van der Waals surface area contributed by atoms with E-state index in [2.05, 4.69) is 15.6 Å². The normalized spacial score (nSPS) is 21.6. The van der Waals surface area contributed by atoms with Gasteiger partial charge in [0.2, 0.25) is 5.91 Å². The fourth-order valence-corrected chi connectivity index (χ4v) is 2.59. The van der Waals surface area contributed by atoms with Crippen molar-refractivity contribution in [2.75, 3.05) is 6.54 Å². The highest BCUT2D eigenvalue weighted by molar-refractivity contribution is 7.11. The first-order chi connectivity index (χ1) is 7.75. The standard InChI is InChI=1S/C11H17N3OS/c1-8-13-6-9(16-8)7-14-10-4-2-3-5-12-11(10)15/h6,10,14H,2-5,7H2,1H3,(H,12,15). The predicted octanol–water partition coefficient (Wildman–Crippen LogP) is 1.21. The average molecular weight is 239 g/mol. The molecule has 0 aromatic carbocycles. The average Bonchev–Trinajstić information content (AvgIpc) is 2.56. The van der Waals surface area contributed by atoms with Gasteiger partial charge in [0.25, 0.3) is 0 Å². The Morgan fingerprint density at radius 2 is 2.50 bits per heavy atom. The number of hydrogen-bond acceptors (Lipinski definition) is 4. The molecule has 16 heavy (non-hydrogen) atoms. The van der Waals surface area contributed by atoms with Gasteiger partial charge in [0.15, 0.2) is 0 Å². The number of nitrogens with one attached hydrogen (secondary N) is 2. The Kier molecular flexibility index (Phi) is 3.90. The number of carbonyl (C=O) groups is 1. The number of nitrogens with zero attached hydrogens (tertiary/aromatic N) is 1. The van der Waals surface area contributed by atoms with Crippen LogP contribution in [0.25, 0.3) is 0 Å². The van der Waals surface area contributed by atoms with Crippen molar-refractivity contribution in [2.45, 2.75) is 38.8 Å². The van der Waals surface area contributed by atoms with E-state index in [1.54, 1.807) is 11.3 Å². The molecule has 1 atom stereocenters. The summed E-state index contributed by atoms with van der Waals surface area (Å²) in [7, 11) is 0. The molecule has 2 heterocycles. The van der Waals surface area contributed by atoms with E-state index >= 15 is 0 Å². The van der Waals surface area contributed by atoms with Crippen molar-refractivity contribution in [3.8, 4) is 0 Å². The van der Waals surface area contributed by atoms with E-state index in [1.807, 2.05) is 13.1 Å². The Bertz CT molecular complexity index is 364. The first kappa shape index (κ1) is 11.5. The number of carbonyl (C=O) groups excluding carboxylic acids is 1. The van der Waals surface area contributed by atoms with Gasteiger partial charge in [-0.2, -0.15) is 0 Å². The number of aromatic nitrogens is 1. The third-order valence-electron chi connectivity index (χ3n) is 2.73. The van der Waals surface area contributed by atoms with Gasteiger partial charge in [-0.3, -0.25) is 4.79 Å². The van der Waals surface area contributed by atoms with Crippen LogP contribution < -0.4 is 10.6 Å². The molecule has 1 aliphatic heterocycles. The second-order valence-electron chi connectivity index (χ2n) is 4.07. The van der Waals surface area contributed by atoms with Gasteiger partial charge in [0.05, 0.1) is 11.0 Å². The van der Waals surface area contributed by atoms with Gasteiger partial charge in [0.1, 0.15) is 0 Å². The quantitative estimate of drug-likeness (QED) is 0.833. The Morgan fingerprint density at radius 1 is 1.62 bits per heavy atom. The molecule has 0 radical (unpaired) electrons. The Labute approximate surface area is 99.5 Å². The van der Waals surface area contributed by atoms with Gasteiger partial charge >= 0.3 is 0 Å². The summed E-state index contributed by atoms with van der Waals surface area (Å²) in [6.45, 7) is 3.55. The van der Waals surface area contributed by atoms with E-state index in [0.717, 1.165) is 37.4 Å². The first-order valence-corrected chi connectivity index (χ1v) is 6.50. The van der Waals surface area contributed by atoms with Crippen LogP contribution in [0.3, 0.4) is 0 Å². The second-order valence-corrected chi connectivity index (χ2v) is 5.39. The fraction of sp³-hybridized carbons (Fsp3) is 0.636. The maximum atomic E-state index is 11.7. The fourth-order valence-electron chi connectivity index (χ4n) is 1.84. The molecule has 2 rings (SSSR count). The van der Waals surface area contributed by atoms with E-state index in [0.29, 0.717) is 0 Å². The molecule has 1 fully saturated rings. The van der Waals surface area contributed by atoms with Crippen molar-refractivity contribution in [2.24, 2.45) is 0 Å². The van der Waals surface area contributed by atoms with Crippen LogP contribution in [0.4, 0.5) is 0 Å². The molecule has 2 N–H and O–H groups in total. The van der Waals surface area contributed by atoms with Gasteiger partial charge in [-0.1, -0.05) is 0 Å². The topological polar surface area (TPSA) is 54.0 Å². The van der Waals surface area contributed by atoms with Crippen LogP contribution in [-0.4, -0.2) is 23.5 Å². The molecule has 1 amide bonds. The third-order valence-corrected chi connectivity index (χ3v) is 3.64. The van der Waals surface area contributed by atoms with Crippen LogP contribution in [0.2, 0.25) is 0 Å². The molecule has 5 heteroatoms. The van der Waals surface area contributed by atoms with E-state index in [9.17, 15) is 4.79 Å². The Morgan fingerprint density at radius 3 is 3.25 bits per heavy atom. The molecular formula is C11H17N3OS. The first-order valence-electron chi connectivity index (χ1n) is 5.68. The van der Waals surface area contributed by atoms with Crippen molar-refractivity contribution in [3.63, 3.8) is 0 Å². The lowest BCUT2D eigenvalue weighted by Gasteiger charge is -2.13. The maximum absolute atomic E-state index is 11.7. The molecule has 4 nitrogen and oxygen atoms in total. The monoisotopic (exact) mass is 239 g/mol. The summed E-state index contributed by atoms with van der Waals surface area (Å²) in [6.07, 6.45) is 5.01. The van der Waals surface area contributed by atoms with Gasteiger partial charge in [-0.15, -0.1) is 11.3 Å². The molecule has 0 aliphatic carbocycles. The van der Waals surface area contributed by atoms with E-state index in [-0.39, 0.29) is 11.9 Å². The number of amides is 1. The summed E-state index contributed by atoms with van der Waals surface area (Å²) >= 11 is 1.68. The van der Waals surface area contributed by atoms with Crippen molar-refractivity contribution in [1.82, 2.24) is 15.6 Å². The summed E-state index contributed by atoms with van der Waals surface area (Å²) in [6, 6.07) is -0.0371. The number of rotatable bonds is 3. The number of thiazole rings is 1. The highest BCUT2D eigenvalue weighted by Gasteiger charge is 2.19. The largest absolute Gasteiger partial charge is 0.355 e. The smallest absolute Gasteiger partial charge is 0.237 e.